The Balaban J connectivity index is 2.07. The van der Waals surface area contributed by atoms with Crippen molar-refractivity contribution in [2.45, 2.75) is 12.8 Å². The van der Waals surface area contributed by atoms with Gasteiger partial charge < -0.3 is 10.0 Å². The minimum absolute atomic E-state index is 0.0525. The van der Waals surface area contributed by atoms with E-state index in [4.69, 9.17) is 0 Å². The summed E-state index contributed by atoms with van der Waals surface area (Å²) in [6, 6.07) is 9.56. The van der Waals surface area contributed by atoms with Crippen LogP contribution in [0.2, 0.25) is 0 Å². The molecule has 0 radical (unpaired) electrons. The van der Waals surface area contributed by atoms with Gasteiger partial charge in [-0.3, -0.25) is 9.78 Å². The molecule has 2 aromatic rings. The summed E-state index contributed by atoms with van der Waals surface area (Å²) in [4.78, 5) is 18.4. The number of aromatic nitrogens is 1. The summed E-state index contributed by atoms with van der Waals surface area (Å²) in [5.74, 6) is -0.162. The van der Waals surface area contributed by atoms with Crippen LogP contribution in [-0.2, 0) is 0 Å². The predicted octanol–water partition coefficient (Wildman–Crippen LogP) is 2.69. The fourth-order valence-corrected chi connectivity index (χ4v) is 2.59. The zero-order chi connectivity index (χ0) is 13.9. The summed E-state index contributed by atoms with van der Waals surface area (Å²) in [5.41, 5.74) is 1.93. The van der Waals surface area contributed by atoms with Gasteiger partial charge in [0.2, 0.25) is 0 Å². The van der Waals surface area contributed by atoms with E-state index in [1.807, 2.05) is 30.3 Å². The molecule has 102 valence electrons. The van der Waals surface area contributed by atoms with Crippen molar-refractivity contribution >= 4 is 5.91 Å². The van der Waals surface area contributed by atoms with Crippen molar-refractivity contribution in [1.82, 2.24) is 9.88 Å². The van der Waals surface area contributed by atoms with Crippen molar-refractivity contribution in [3.8, 4) is 16.9 Å². The molecule has 0 aliphatic carbocycles. The third-order valence-electron chi connectivity index (χ3n) is 3.62. The first-order valence-corrected chi connectivity index (χ1v) is 6.79. The Hall–Kier alpha value is -2.36. The topological polar surface area (TPSA) is 53.4 Å². The van der Waals surface area contributed by atoms with Crippen LogP contribution >= 0.6 is 0 Å². The minimum atomic E-state index is -0.110. The Morgan fingerprint density at radius 1 is 1.10 bits per heavy atom. The van der Waals surface area contributed by atoms with E-state index in [0.29, 0.717) is 11.1 Å². The first kappa shape index (κ1) is 12.7. The van der Waals surface area contributed by atoms with Gasteiger partial charge in [0.25, 0.3) is 5.91 Å². The summed E-state index contributed by atoms with van der Waals surface area (Å²) in [5, 5.41) is 10.1. The van der Waals surface area contributed by atoms with E-state index in [1.165, 1.54) is 6.20 Å². The Kier molecular flexibility index (Phi) is 3.37. The molecule has 1 N–H and O–H groups in total. The second-order valence-corrected chi connectivity index (χ2v) is 4.95. The molecule has 0 bridgehead atoms. The third kappa shape index (κ3) is 2.25. The van der Waals surface area contributed by atoms with Crippen LogP contribution in [0.5, 0.6) is 5.75 Å². The Morgan fingerprint density at radius 2 is 1.80 bits per heavy atom. The number of carbonyl (C=O) groups is 1. The number of rotatable bonds is 2. The molecule has 4 heteroatoms. The van der Waals surface area contributed by atoms with Crippen LogP contribution in [0.3, 0.4) is 0 Å². The van der Waals surface area contributed by atoms with Crippen LogP contribution in [0.15, 0.2) is 42.7 Å². The Morgan fingerprint density at radius 3 is 2.50 bits per heavy atom. The maximum Gasteiger partial charge on any atom is 0.258 e. The summed E-state index contributed by atoms with van der Waals surface area (Å²) >= 11 is 0. The number of nitrogens with zero attached hydrogens (tertiary/aromatic N) is 2. The van der Waals surface area contributed by atoms with Crippen molar-refractivity contribution in [2.24, 2.45) is 0 Å². The van der Waals surface area contributed by atoms with Crippen molar-refractivity contribution in [3.63, 3.8) is 0 Å². The van der Waals surface area contributed by atoms with Crippen LogP contribution in [0.1, 0.15) is 23.2 Å². The van der Waals surface area contributed by atoms with Crippen LogP contribution in [-0.4, -0.2) is 34.0 Å². The summed E-state index contributed by atoms with van der Waals surface area (Å²) in [6.07, 6.45) is 5.02. The maximum absolute atomic E-state index is 12.6. The average Bonchev–Trinajstić information content (AvgIpc) is 3.01. The number of benzene rings is 1. The normalized spacial score (nSPS) is 14.5. The number of likely N-dealkylation sites (tertiary alicyclic amines) is 1. The fourth-order valence-electron chi connectivity index (χ4n) is 2.59. The largest absolute Gasteiger partial charge is 0.505 e. The molecule has 3 rings (SSSR count). The highest BCUT2D eigenvalue weighted by molar-refractivity contribution is 6.03. The molecule has 1 amide bonds. The van der Waals surface area contributed by atoms with Crippen LogP contribution in [0.25, 0.3) is 11.1 Å². The minimum Gasteiger partial charge on any atom is -0.505 e. The van der Waals surface area contributed by atoms with Crippen LogP contribution < -0.4 is 0 Å². The van der Waals surface area contributed by atoms with Crippen molar-refractivity contribution in [2.75, 3.05) is 13.1 Å². The van der Waals surface area contributed by atoms with Gasteiger partial charge in [-0.05, 0) is 18.4 Å². The highest BCUT2D eigenvalue weighted by Crippen LogP contribution is 2.30. The Bertz CT molecular complexity index is 620. The molecule has 0 atom stereocenters. The number of hydrogen-bond acceptors (Lipinski definition) is 3. The summed E-state index contributed by atoms with van der Waals surface area (Å²) in [7, 11) is 0. The second kappa shape index (κ2) is 5.33. The molecule has 1 aliphatic rings. The SMILES string of the molecule is O=C(c1c(O)cncc1-c1ccccc1)N1CCCC1. The van der Waals surface area contributed by atoms with E-state index >= 15 is 0 Å². The van der Waals surface area contributed by atoms with E-state index in [-0.39, 0.29) is 11.7 Å². The fraction of sp³-hybridized carbons (Fsp3) is 0.250. The molecule has 1 fully saturated rings. The molecule has 0 unspecified atom stereocenters. The number of aromatic hydroxyl groups is 1. The summed E-state index contributed by atoms with van der Waals surface area (Å²) in [6.45, 7) is 1.52. The first-order chi connectivity index (χ1) is 9.77. The molecular weight excluding hydrogens is 252 g/mol. The van der Waals surface area contributed by atoms with Crippen LogP contribution in [0, 0.1) is 0 Å². The van der Waals surface area contributed by atoms with Gasteiger partial charge >= 0.3 is 0 Å². The molecule has 20 heavy (non-hydrogen) atoms. The molecule has 1 aromatic carbocycles. The van der Waals surface area contributed by atoms with Gasteiger partial charge in [-0.15, -0.1) is 0 Å². The highest BCUT2D eigenvalue weighted by atomic mass is 16.3. The lowest BCUT2D eigenvalue weighted by Gasteiger charge is -2.18. The van der Waals surface area contributed by atoms with Gasteiger partial charge in [-0.2, -0.15) is 0 Å². The van der Waals surface area contributed by atoms with Crippen molar-refractivity contribution in [3.05, 3.63) is 48.3 Å². The van der Waals surface area contributed by atoms with E-state index in [2.05, 4.69) is 4.98 Å². The third-order valence-corrected chi connectivity index (χ3v) is 3.62. The quantitative estimate of drug-likeness (QED) is 0.911. The molecular formula is C16H16N2O2. The van der Waals surface area contributed by atoms with Gasteiger partial charge in [0.05, 0.1) is 11.8 Å². The maximum atomic E-state index is 12.6. The summed E-state index contributed by atoms with van der Waals surface area (Å²) < 4.78 is 0. The number of carbonyl (C=O) groups excluding carboxylic acids is 1. The predicted molar refractivity (Wildman–Crippen MR) is 76.5 cm³/mol. The van der Waals surface area contributed by atoms with Gasteiger partial charge in [-0.1, -0.05) is 30.3 Å². The molecule has 0 spiro atoms. The Labute approximate surface area is 117 Å². The zero-order valence-corrected chi connectivity index (χ0v) is 11.1. The second-order valence-electron chi connectivity index (χ2n) is 4.95. The van der Waals surface area contributed by atoms with Crippen molar-refractivity contribution < 1.29 is 9.90 Å². The van der Waals surface area contributed by atoms with Gasteiger partial charge in [0.15, 0.2) is 0 Å². The smallest absolute Gasteiger partial charge is 0.258 e. The van der Waals surface area contributed by atoms with E-state index in [1.54, 1.807) is 11.1 Å². The van der Waals surface area contributed by atoms with E-state index in [0.717, 1.165) is 31.5 Å². The lowest BCUT2D eigenvalue weighted by molar-refractivity contribution is 0.0790. The molecule has 0 saturated carbocycles. The molecule has 1 saturated heterocycles. The monoisotopic (exact) mass is 268 g/mol. The van der Waals surface area contributed by atoms with Gasteiger partial charge in [0, 0.05) is 24.8 Å². The van der Waals surface area contributed by atoms with Gasteiger partial charge in [-0.25, -0.2) is 0 Å². The van der Waals surface area contributed by atoms with E-state index in [9.17, 15) is 9.90 Å². The standard InChI is InChI=1S/C16H16N2O2/c19-14-11-17-10-13(12-6-2-1-3-7-12)15(14)16(20)18-8-4-5-9-18/h1-3,6-7,10-11,19H,4-5,8-9H2. The molecule has 4 nitrogen and oxygen atoms in total. The van der Waals surface area contributed by atoms with Gasteiger partial charge in [0.1, 0.15) is 5.75 Å². The average molecular weight is 268 g/mol. The first-order valence-electron chi connectivity index (χ1n) is 6.79. The lowest BCUT2D eigenvalue weighted by Crippen LogP contribution is -2.28. The molecule has 2 heterocycles. The van der Waals surface area contributed by atoms with Crippen LogP contribution in [0.4, 0.5) is 0 Å². The zero-order valence-electron chi connectivity index (χ0n) is 11.1. The number of hydrogen-bond donors (Lipinski definition) is 1. The number of amides is 1. The molecule has 1 aliphatic heterocycles. The highest BCUT2D eigenvalue weighted by Gasteiger charge is 2.25. The van der Waals surface area contributed by atoms with Crippen molar-refractivity contribution in [1.29, 1.82) is 0 Å². The van der Waals surface area contributed by atoms with E-state index < -0.39 is 0 Å². The number of pyridine rings is 1. The lowest BCUT2D eigenvalue weighted by atomic mass is 10.0. The molecule has 1 aromatic heterocycles.